The summed E-state index contributed by atoms with van der Waals surface area (Å²) in [4.78, 5) is 17.1. The van der Waals surface area contributed by atoms with Gasteiger partial charge in [0, 0.05) is 10.9 Å². The van der Waals surface area contributed by atoms with Crippen molar-refractivity contribution in [1.29, 1.82) is 5.26 Å². The highest BCUT2D eigenvalue weighted by Crippen LogP contribution is 2.24. The number of carbonyl (C=O) groups is 1. The number of aromatic nitrogens is 3. The Morgan fingerprint density at radius 3 is 2.68 bits per heavy atom. The standard InChI is InChI=1S/C21H14FN5O/c1-13-10-19(25-18-5-3-2-4-17(13)18)27-20(15(11-23)12-24-27)26-21(28)14-6-8-16(22)9-7-14/h2-10,12H,1H3,(H,26,28). The summed E-state index contributed by atoms with van der Waals surface area (Å²) in [5.74, 6) is -0.225. The Labute approximate surface area is 159 Å². The molecule has 1 N–H and O–H groups in total. The summed E-state index contributed by atoms with van der Waals surface area (Å²) in [5, 5.41) is 17.3. The molecule has 0 saturated heterocycles. The number of hydrogen-bond donors (Lipinski definition) is 1. The number of aryl methyl sites for hydroxylation is 1. The molecule has 2 aromatic heterocycles. The van der Waals surface area contributed by atoms with E-state index in [2.05, 4.69) is 15.4 Å². The van der Waals surface area contributed by atoms with Gasteiger partial charge >= 0.3 is 0 Å². The van der Waals surface area contributed by atoms with E-state index in [4.69, 9.17) is 0 Å². The van der Waals surface area contributed by atoms with Gasteiger partial charge in [-0.2, -0.15) is 15.0 Å². The zero-order valence-corrected chi connectivity index (χ0v) is 14.8. The molecule has 0 aliphatic heterocycles. The van der Waals surface area contributed by atoms with Crippen molar-refractivity contribution >= 4 is 22.6 Å². The Balaban J connectivity index is 1.78. The second kappa shape index (κ2) is 6.93. The first-order valence-corrected chi connectivity index (χ1v) is 8.48. The molecule has 0 bridgehead atoms. The highest BCUT2D eigenvalue weighted by molar-refractivity contribution is 6.04. The summed E-state index contributed by atoms with van der Waals surface area (Å²) in [6.45, 7) is 1.96. The number of carbonyl (C=O) groups excluding carboxylic acids is 1. The fourth-order valence-corrected chi connectivity index (χ4v) is 2.95. The largest absolute Gasteiger partial charge is 0.305 e. The highest BCUT2D eigenvalue weighted by atomic mass is 19.1. The molecular weight excluding hydrogens is 357 g/mol. The van der Waals surface area contributed by atoms with Crippen LogP contribution in [0.3, 0.4) is 0 Å². The van der Waals surface area contributed by atoms with E-state index in [1.165, 1.54) is 35.1 Å². The van der Waals surface area contributed by atoms with Crippen LogP contribution in [0.5, 0.6) is 0 Å². The lowest BCUT2D eigenvalue weighted by atomic mass is 10.1. The molecule has 7 heteroatoms. The number of para-hydroxylation sites is 1. The van der Waals surface area contributed by atoms with Crippen molar-refractivity contribution < 1.29 is 9.18 Å². The van der Waals surface area contributed by atoms with Crippen LogP contribution in [0, 0.1) is 24.1 Å². The summed E-state index contributed by atoms with van der Waals surface area (Å²) in [7, 11) is 0. The van der Waals surface area contributed by atoms with Crippen LogP contribution >= 0.6 is 0 Å². The van der Waals surface area contributed by atoms with Gasteiger partial charge in [-0.05, 0) is 48.9 Å². The second-order valence-electron chi connectivity index (χ2n) is 6.21. The van der Waals surface area contributed by atoms with Crippen molar-refractivity contribution in [2.45, 2.75) is 6.92 Å². The summed E-state index contributed by atoms with van der Waals surface area (Å²) < 4.78 is 14.5. The van der Waals surface area contributed by atoms with E-state index in [0.717, 1.165) is 16.5 Å². The maximum atomic E-state index is 13.1. The summed E-state index contributed by atoms with van der Waals surface area (Å²) in [5.41, 5.74) is 2.23. The lowest BCUT2D eigenvalue weighted by molar-refractivity contribution is 0.102. The van der Waals surface area contributed by atoms with E-state index in [0.29, 0.717) is 5.82 Å². The molecule has 6 nitrogen and oxygen atoms in total. The minimum Gasteiger partial charge on any atom is -0.305 e. The van der Waals surface area contributed by atoms with Gasteiger partial charge in [0.25, 0.3) is 5.91 Å². The van der Waals surface area contributed by atoms with Gasteiger partial charge in [-0.3, -0.25) is 4.79 Å². The molecule has 0 atom stereocenters. The fourth-order valence-electron chi connectivity index (χ4n) is 2.95. The van der Waals surface area contributed by atoms with E-state index < -0.39 is 11.7 Å². The first-order chi connectivity index (χ1) is 13.6. The van der Waals surface area contributed by atoms with Crippen LogP contribution in [0.25, 0.3) is 16.7 Å². The quantitative estimate of drug-likeness (QED) is 0.590. The topological polar surface area (TPSA) is 83.6 Å². The predicted octanol–water partition coefficient (Wildman–Crippen LogP) is 3.99. The minimum absolute atomic E-state index is 0.197. The fraction of sp³-hybridized carbons (Fsp3) is 0.0476. The second-order valence-corrected chi connectivity index (χ2v) is 6.21. The van der Waals surface area contributed by atoms with Crippen molar-refractivity contribution in [3.05, 3.63) is 83.3 Å². The molecule has 0 fully saturated rings. The van der Waals surface area contributed by atoms with Crippen molar-refractivity contribution in [3.63, 3.8) is 0 Å². The smallest absolute Gasteiger partial charge is 0.256 e. The van der Waals surface area contributed by atoms with Crippen molar-refractivity contribution in [2.24, 2.45) is 0 Å². The molecule has 0 aliphatic carbocycles. The third kappa shape index (κ3) is 3.08. The number of pyridine rings is 1. The number of benzene rings is 2. The molecule has 0 aliphatic rings. The number of halogens is 1. The summed E-state index contributed by atoms with van der Waals surface area (Å²) in [6, 6.07) is 16.7. The molecular formula is C21H14FN5O. The number of nitrogens with one attached hydrogen (secondary N) is 1. The van der Waals surface area contributed by atoms with Gasteiger partial charge < -0.3 is 5.32 Å². The van der Waals surface area contributed by atoms with Crippen LogP contribution in [0.2, 0.25) is 0 Å². The third-order valence-electron chi connectivity index (χ3n) is 4.35. The molecule has 0 unspecified atom stereocenters. The number of anilines is 1. The highest BCUT2D eigenvalue weighted by Gasteiger charge is 2.17. The van der Waals surface area contributed by atoms with E-state index in [1.807, 2.05) is 43.3 Å². The summed E-state index contributed by atoms with van der Waals surface area (Å²) >= 11 is 0. The van der Waals surface area contributed by atoms with E-state index in [-0.39, 0.29) is 16.9 Å². The maximum Gasteiger partial charge on any atom is 0.256 e. The van der Waals surface area contributed by atoms with Crippen molar-refractivity contribution in [2.75, 3.05) is 5.32 Å². The first kappa shape index (κ1) is 17.4. The lowest BCUT2D eigenvalue weighted by Crippen LogP contribution is -2.16. The Morgan fingerprint density at radius 1 is 1.18 bits per heavy atom. The zero-order valence-electron chi connectivity index (χ0n) is 14.8. The molecule has 0 spiro atoms. The Hall–Kier alpha value is -4.05. The average Bonchev–Trinajstić information content (AvgIpc) is 3.11. The van der Waals surface area contributed by atoms with Crippen LogP contribution in [0.15, 0.2) is 60.8 Å². The lowest BCUT2D eigenvalue weighted by Gasteiger charge is -2.11. The molecule has 1 amide bonds. The molecule has 28 heavy (non-hydrogen) atoms. The van der Waals surface area contributed by atoms with Crippen LogP contribution in [-0.4, -0.2) is 20.7 Å². The minimum atomic E-state index is -0.476. The zero-order chi connectivity index (χ0) is 19.7. The first-order valence-electron chi connectivity index (χ1n) is 8.48. The number of rotatable bonds is 3. The molecule has 0 saturated carbocycles. The number of hydrogen-bond acceptors (Lipinski definition) is 4. The van der Waals surface area contributed by atoms with Gasteiger partial charge in [0.2, 0.25) is 0 Å². The van der Waals surface area contributed by atoms with Gasteiger partial charge in [0.15, 0.2) is 11.6 Å². The van der Waals surface area contributed by atoms with Gasteiger partial charge in [0.05, 0.1) is 11.7 Å². The molecule has 4 rings (SSSR count). The van der Waals surface area contributed by atoms with Gasteiger partial charge in [-0.1, -0.05) is 18.2 Å². The monoisotopic (exact) mass is 371 g/mol. The normalized spacial score (nSPS) is 10.6. The third-order valence-corrected chi connectivity index (χ3v) is 4.35. The van der Waals surface area contributed by atoms with Crippen LogP contribution in [0.1, 0.15) is 21.5 Å². The Bertz CT molecular complexity index is 1240. The molecule has 4 aromatic rings. The van der Waals surface area contributed by atoms with Crippen LogP contribution in [0.4, 0.5) is 10.2 Å². The van der Waals surface area contributed by atoms with Crippen LogP contribution in [-0.2, 0) is 0 Å². The number of nitrogens with zero attached hydrogens (tertiary/aromatic N) is 4. The SMILES string of the molecule is Cc1cc(-n2ncc(C#N)c2NC(=O)c2ccc(F)cc2)nc2ccccc12. The van der Waals surface area contributed by atoms with E-state index >= 15 is 0 Å². The number of fused-ring (bicyclic) bond motifs is 1. The van der Waals surface area contributed by atoms with Gasteiger partial charge in [-0.15, -0.1) is 0 Å². The molecule has 2 aromatic carbocycles. The van der Waals surface area contributed by atoms with Crippen molar-refractivity contribution in [3.8, 4) is 11.9 Å². The van der Waals surface area contributed by atoms with E-state index in [1.54, 1.807) is 0 Å². The molecule has 2 heterocycles. The van der Waals surface area contributed by atoms with E-state index in [9.17, 15) is 14.4 Å². The number of amides is 1. The van der Waals surface area contributed by atoms with Crippen molar-refractivity contribution in [1.82, 2.24) is 14.8 Å². The Kier molecular flexibility index (Phi) is 4.30. The maximum absolute atomic E-state index is 13.1. The van der Waals surface area contributed by atoms with Gasteiger partial charge in [0.1, 0.15) is 17.4 Å². The number of nitriles is 1. The summed E-state index contributed by atoms with van der Waals surface area (Å²) in [6.07, 6.45) is 1.37. The molecule has 0 radical (unpaired) electrons. The predicted molar refractivity (Wildman–Crippen MR) is 103 cm³/mol. The molecule has 136 valence electrons. The average molecular weight is 371 g/mol. The van der Waals surface area contributed by atoms with Crippen LogP contribution < -0.4 is 5.32 Å². The van der Waals surface area contributed by atoms with Gasteiger partial charge in [-0.25, -0.2) is 9.37 Å². The Morgan fingerprint density at radius 2 is 1.93 bits per heavy atom.